The van der Waals surface area contributed by atoms with Crippen molar-refractivity contribution in [1.29, 1.82) is 0 Å². The van der Waals surface area contributed by atoms with Gasteiger partial charge in [0.15, 0.2) is 5.34 Å². The van der Waals surface area contributed by atoms with Gasteiger partial charge < -0.3 is 0 Å². The van der Waals surface area contributed by atoms with Crippen LogP contribution in [0.1, 0.15) is 6.92 Å². The molecule has 0 saturated heterocycles. The summed E-state index contributed by atoms with van der Waals surface area (Å²) in [5, 5.41) is 1.84. The third-order valence-electron chi connectivity index (χ3n) is 0.166. The summed E-state index contributed by atoms with van der Waals surface area (Å²) in [6.07, 6.45) is 0. The van der Waals surface area contributed by atoms with Crippen molar-refractivity contribution in [1.82, 2.24) is 0 Å². The van der Waals surface area contributed by atoms with Gasteiger partial charge in [-0.3, -0.25) is 4.84 Å². The second-order valence-electron chi connectivity index (χ2n) is 0.657. The number of hydrogen-bond acceptors (Lipinski definition) is 4. The number of nitrogens with zero attached hydrogens (tertiary/aromatic N) is 1. The van der Waals surface area contributed by atoms with Crippen molar-refractivity contribution in [3.63, 3.8) is 0 Å². The normalized spacial score (nSPS) is 5.86. The van der Waals surface area contributed by atoms with Crippen LogP contribution in [0.4, 0.5) is 0 Å². The molecular formula is C2H4NNaO3. The first-order valence-corrected chi connectivity index (χ1v) is 1.27. The zero-order valence-corrected chi connectivity index (χ0v) is 3.17. The monoisotopic (exact) mass is 113 g/mol. The Hall–Kier alpha value is 0.0700. The van der Waals surface area contributed by atoms with E-state index >= 15 is 0 Å². The van der Waals surface area contributed by atoms with E-state index in [1.807, 2.05) is 5.34 Å². The van der Waals surface area contributed by atoms with Crippen molar-refractivity contribution in [2.45, 2.75) is 6.92 Å². The van der Waals surface area contributed by atoms with E-state index in [0.717, 1.165) is 6.92 Å². The average Bonchev–Trinajstić information content (AvgIpc) is 1.35. The number of hydrogen-bond donors (Lipinski definition) is 0. The molecule has 0 N–H and O–H groups in total. The Labute approximate surface area is 62.4 Å². The fourth-order valence-corrected chi connectivity index (χ4v) is 0.0525. The second kappa shape index (κ2) is 6.07. The first kappa shape index (κ1) is 10.1. The third-order valence-corrected chi connectivity index (χ3v) is 0.166. The van der Waals surface area contributed by atoms with Gasteiger partial charge in [0.1, 0.15) is 0 Å². The molecule has 0 aliphatic rings. The van der Waals surface area contributed by atoms with E-state index < -0.39 is 5.97 Å². The van der Waals surface area contributed by atoms with Gasteiger partial charge in [-0.15, -0.1) is 4.91 Å². The predicted molar refractivity (Wildman–Crippen MR) is 24.7 cm³/mol. The van der Waals surface area contributed by atoms with Crippen LogP contribution < -0.4 is 0 Å². The van der Waals surface area contributed by atoms with Crippen LogP contribution in [-0.2, 0) is 9.63 Å². The zero-order chi connectivity index (χ0) is 4.99. The molecule has 0 aromatic carbocycles. The molecule has 0 saturated carbocycles. The Morgan fingerprint density at radius 2 is 2.14 bits per heavy atom. The topological polar surface area (TPSA) is 55.7 Å². The summed E-state index contributed by atoms with van der Waals surface area (Å²) in [6, 6.07) is 0. The second-order valence-corrected chi connectivity index (χ2v) is 0.657. The van der Waals surface area contributed by atoms with Crippen molar-refractivity contribution in [2.75, 3.05) is 0 Å². The van der Waals surface area contributed by atoms with Crippen LogP contribution >= 0.6 is 0 Å². The van der Waals surface area contributed by atoms with E-state index in [1.165, 1.54) is 0 Å². The molecule has 0 bridgehead atoms. The molecule has 5 heteroatoms. The summed E-state index contributed by atoms with van der Waals surface area (Å²) in [6.45, 7) is 1.10. The molecule has 0 fully saturated rings. The Bertz CT molecular complexity index is 73.3. The van der Waals surface area contributed by atoms with Crippen LogP contribution in [0.3, 0.4) is 0 Å². The van der Waals surface area contributed by atoms with Gasteiger partial charge in [-0.1, -0.05) is 0 Å². The van der Waals surface area contributed by atoms with Gasteiger partial charge >= 0.3 is 35.5 Å². The molecule has 4 nitrogen and oxygen atoms in total. The maximum absolute atomic E-state index is 9.53. The molecule has 0 unspecified atom stereocenters. The Balaban J connectivity index is 0. The molecule has 0 heterocycles. The van der Waals surface area contributed by atoms with Gasteiger partial charge in [-0.05, 0) is 0 Å². The van der Waals surface area contributed by atoms with E-state index in [4.69, 9.17) is 4.91 Å². The minimum absolute atomic E-state index is 0. The molecule has 0 atom stereocenters. The average molecular weight is 113 g/mol. The fourth-order valence-electron chi connectivity index (χ4n) is 0.0525. The van der Waals surface area contributed by atoms with Gasteiger partial charge in [0.2, 0.25) is 0 Å². The SMILES string of the molecule is CC(=O)ON=O.[NaH]. The molecule has 7 heavy (non-hydrogen) atoms. The quantitative estimate of drug-likeness (QED) is 0.263. The van der Waals surface area contributed by atoms with Crippen molar-refractivity contribution in [3.8, 4) is 0 Å². The summed E-state index contributed by atoms with van der Waals surface area (Å²) >= 11 is 0. The molecule has 0 radical (unpaired) electrons. The van der Waals surface area contributed by atoms with Crippen LogP contribution in [0.15, 0.2) is 5.34 Å². The van der Waals surface area contributed by atoms with E-state index in [-0.39, 0.29) is 29.6 Å². The molecular weight excluding hydrogens is 109 g/mol. The maximum atomic E-state index is 9.53. The summed E-state index contributed by atoms with van der Waals surface area (Å²) in [7, 11) is 0. The molecule has 0 amide bonds. The summed E-state index contributed by atoms with van der Waals surface area (Å²) < 4.78 is 0. The molecule has 0 spiro atoms. The number of carbonyl (C=O) groups is 1. The van der Waals surface area contributed by atoms with Gasteiger partial charge in [0.25, 0.3) is 0 Å². The van der Waals surface area contributed by atoms with Crippen molar-refractivity contribution in [3.05, 3.63) is 4.91 Å². The molecule has 0 aromatic heterocycles. The van der Waals surface area contributed by atoms with Gasteiger partial charge in [0, 0.05) is 6.92 Å². The molecule has 0 aliphatic heterocycles. The Morgan fingerprint density at radius 1 is 1.71 bits per heavy atom. The molecule has 36 valence electrons. The van der Waals surface area contributed by atoms with Crippen LogP contribution in [0.5, 0.6) is 0 Å². The first-order valence-electron chi connectivity index (χ1n) is 1.27. The van der Waals surface area contributed by atoms with Gasteiger partial charge in [-0.2, -0.15) is 0 Å². The number of rotatable bonds is 1. The van der Waals surface area contributed by atoms with E-state index in [1.54, 1.807) is 0 Å². The Kier molecular flexibility index (Phi) is 8.79. The molecule has 0 aromatic rings. The Morgan fingerprint density at radius 3 is 2.14 bits per heavy atom. The van der Waals surface area contributed by atoms with Crippen molar-refractivity contribution < 1.29 is 9.63 Å². The molecule has 0 aliphatic carbocycles. The third kappa shape index (κ3) is 10.7. The fraction of sp³-hybridized carbons (Fsp3) is 0.500. The van der Waals surface area contributed by atoms with Crippen LogP contribution in [0.2, 0.25) is 0 Å². The van der Waals surface area contributed by atoms with Crippen molar-refractivity contribution in [2.24, 2.45) is 5.34 Å². The summed E-state index contributed by atoms with van der Waals surface area (Å²) in [5.74, 6) is -0.690. The zero-order valence-electron chi connectivity index (χ0n) is 3.17. The van der Waals surface area contributed by atoms with E-state index in [0.29, 0.717) is 0 Å². The molecule has 0 rings (SSSR count). The standard InChI is InChI=1S/C2H3NO3.Na.H/c1-2(4)6-3-5;;/h1H3;;. The van der Waals surface area contributed by atoms with E-state index in [9.17, 15) is 4.79 Å². The van der Waals surface area contributed by atoms with Crippen molar-refractivity contribution >= 4 is 35.5 Å². The predicted octanol–water partition coefficient (Wildman–Crippen LogP) is -0.418. The van der Waals surface area contributed by atoms with Gasteiger partial charge in [-0.25, -0.2) is 4.79 Å². The van der Waals surface area contributed by atoms with Crippen LogP contribution in [-0.4, -0.2) is 35.5 Å². The number of carbonyl (C=O) groups excluding carboxylic acids is 1. The van der Waals surface area contributed by atoms with Gasteiger partial charge in [0.05, 0.1) is 0 Å². The van der Waals surface area contributed by atoms with Crippen LogP contribution in [0.25, 0.3) is 0 Å². The van der Waals surface area contributed by atoms with Crippen LogP contribution in [0, 0.1) is 4.91 Å². The summed E-state index contributed by atoms with van der Waals surface area (Å²) in [4.78, 5) is 21.9. The first-order chi connectivity index (χ1) is 2.77. The summed E-state index contributed by atoms with van der Waals surface area (Å²) in [5.41, 5.74) is 0. The minimum atomic E-state index is -0.690. The van der Waals surface area contributed by atoms with E-state index in [2.05, 4.69) is 4.84 Å².